The summed E-state index contributed by atoms with van der Waals surface area (Å²) in [5.41, 5.74) is 13.0. The zero-order chi connectivity index (χ0) is 42.6. The van der Waals surface area contributed by atoms with E-state index in [0.29, 0.717) is 53.4 Å². The molecule has 6 rings (SSSR count). The first-order chi connectivity index (χ1) is 29.1. The van der Waals surface area contributed by atoms with Crippen molar-refractivity contribution in [1.29, 1.82) is 0 Å². The Labute approximate surface area is 354 Å². The molecule has 60 heavy (non-hydrogen) atoms. The van der Waals surface area contributed by atoms with Crippen molar-refractivity contribution in [1.82, 2.24) is 0 Å². The summed E-state index contributed by atoms with van der Waals surface area (Å²) in [6.45, 7) is 6.06. The highest BCUT2D eigenvalue weighted by Crippen LogP contribution is 2.38. The molecule has 0 bridgehead atoms. The van der Waals surface area contributed by atoms with Crippen LogP contribution in [0.15, 0.2) is 121 Å². The largest absolute Gasteiger partial charge is 0.489 e. The molecular weight excluding hydrogens is 753 g/mol. The van der Waals surface area contributed by atoms with Crippen molar-refractivity contribution in [3.8, 4) is 33.8 Å². The zero-order valence-corrected chi connectivity index (χ0v) is 34.8. The van der Waals surface area contributed by atoms with Gasteiger partial charge in [-0.25, -0.2) is 0 Å². The van der Waals surface area contributed by atoms with Crippen LogP contribution in [0, 0.1) is 13.8 Å². The fourth-order valence-electron chi connectivity index (χ4n) is 7.93. The van der Waals surface area contributed by atoms with Gasteiger partial charge in [0, 0.05) is 12.5 Å². The lowest BCUT2D eigenvalue weighted by atomic mass is 9.83. The average molecular weight is 811 g/mol. The van der Waals surface area contributed by atoms with Gasteiger partial charge < -0.3 is 40.1 Å². The Bertz CT molecular complexity index is 2330. The average Bonchev–Trinajstić information content (AvgIpc) is 3.28. The molecule has 314 valence electrons. The second kappa shape index (κ2) is 21.3. The molecule has 6 N–H and O–H groups in total. The highest BCUT2D eigenvalue weighted by atomic mass is 16.5. The Balaban J connectivity index is 1.12. The molecule has 0 spiro atoms. The molecule has 3 atom stereocenters. The first-order valence-electron chi connectivity index (χ1n) is 20.8. The first-order valence-corrected chi connectivity index (χ1v) is 20.8. The van der Waals surface area contributed by atoms with Crippen molar-refractivity contribution in [3.63, 3.8) is 0 Å². The summed E-state index contributed by atoms with van der Waals surface area (Å²) in [5, 5.41) is 61.6. The van der Waals surface area contributed by atoms with Gasteiger partial charge in [0.15, 0.2) is 0 Å². The third kappa shape index (κ3) is 11.1. The van der Waals surface area contributed by atoms with Crippen LogP contribution < -0.4 is 9.47 Å². The molecule has 0 saturated heterocycles. The molecule has 0 saturated carbocycles. The number of aliphatic hydroxyl groups excluding tert-OH is 6. The molecule has 6 aromatic carbocycles. The van der Waals surface area contributed by atoms with Gasteiger partial charge in [-0.2, -0.15) is 0 Å². The van der Waals surface area contributed by atoms with Gasteiger partial charge in [-0.1, -0.05) is 91.9 Å². The van der Waals surface area contributed by atoms with Crippen LogP contribution in [-0.4, -0.2) is 43.4 Å². The van der Waals surface area contributed by atoms with Gasteiger partial charge in [-0.05, 0) is 154 Å². The third-order valence-corrected chi connectivity index (χ3v) is 11.4. The summed E-state index contributed by atoms with van der Waals surface area (Å²) in [5.74, 6) is 0.762. The Morgan fingerprint density at radius 1 is 0.533 bits per heavy atom. The molecule has 8 nitrogen and oxygen atoms in total. The standard InChI is InChI=1S/C52H58O8/c1-4-45(57)15-11-36-12-18-48(34(2)23-36)39-9-5-7-37(25-39)33-60-47-17-20-50(44(28-47)31-56)52(58)51(21-22-53)41-14-19-49(35(3)24-41)40-10-6-8-38(26-40)32-59-46-16-13-42(29-54)43(27-46)30-55/h5-10,12-14,16-20,23-28,45,51-58H,4,11,15,21-22,29-33H2,1-3H3. The number of rotatable bonds is 20. The topological polar surface area (TPSA) is 140 Å². The van der Waals surface area contributed by atoms with Crippen LogP contribution in [0.1, 0.15) is 93.8 Å². The summed E-state index contributed by atoms with van der Waals surface area (Å²) >= 11 is 0. The molecular formula is C52H58O8. The molecule has 6 aromatic rings. The van der Waals surface area contributed by atoms with Crippen molar-refractivity contribution >= 4 is 0 Å². The fourth-order valence-corrected chi connectivity index (χ4v) is 7.93. The van der Waals surface area contributed by atoms with Gasteiger partial charge in [0.25, 0.3) is 0 Å². The van der Waals surface area contributed by atoms with Crippen LogP contribution in [0.25, 0.3) is 22.3 Å². The van der Waals surface area contributed by atoms with Crippen LogP contribution >= 0.6 is 0 Å². The van der Waals surface area contributed by atoms with Gasteiger partial charge in [0.1, 0.15) is 24.7 Å². The SMILES string of the molecule is CCC(O)CCc1ccc(-c2cccc(COc3ccc(C(O)C(CCO)c4ccc(-c5cccc(COc6ccc(CO)c(CO)c6)c5)c(C)c4)c(CO)c3)c2)c(C)c1. The van der Waals surface area contributed by atoms with Crippen LogP contribution in [-0.2, 0) is 39.5 Å². The summed E-state index contributed by atoms with van der Waals surface area (Å²) in [6, 6.07) is 39.6. The van der Waals surface area contributed by atoms with E-state index in [-0.39, 0.29) is 32.5 Å². The van der Waals surface area contributed by atoms with E-state index in [2.05, 4.69) is 49.4 Å². The molecule has 0 aliphatic heterocycles. The minimum absolute atomic E-state index is 0.116. The minimum atomic E-state index is -0.986. The number of hydrogen-bond donors (Lipinski definition) is 6. The summed E-state index contributed by atoms with van der Waals surface area (Å²) < 4.78 is 12.2. The van der Waals surface area contributed by atoms with Crippen molar-refractivity contribution in [2.24, 2.45) is 0 Å². The third-order valence-electron chi connectivity index (χ3n) is 11.4. The van der Waals surface area contributed by atoms with Crippen LogP contribution in [0.5, 0.6) is 11.5 Å². The lowest BCUT2D eigenvalue weighted by Crippen LogP contribution is -2.15. The van der Waals surface area contributed by atoms with Gasteiger partial charge in [0.2, 0.25) is 0 Å². The summed E-state index contributed by atoms with van der Waals surface area (Å²) in [4.78, 5) is 0. The van der Waals surface area contributed by atoms with E-state index >= 15 is 0 Å². The second-order valence-corrected chi connectivity index (χ2v) is 15.6. The molecule has 0 fully saturated rings. The predicted molar refractivity (Wildman–Crippen MR) is 237 cm³/mol. The van der Waals surface area contributed by atoms with Crippen molar-refractivity contribution < 1.29 is 40.1 Å². The molecule has 0 amide bonds. The van der Waals surface area contributed by atoms with Crippen molar-refractivity contribution in [3.05, 3.63) is 177 Å². The van der Waals surface area contributed by atoms with E-state index in [1.165, 1.54) is 11.1 Å². The Morgan fingerprint density at radius 3 is 1.68 bits per heavy atom. The summed E-state index contributed by atoms with van der Waals surface area (Å²) in [6.07, 6.45) is 1.43. The van der Waals surface area contributed by atoms with E-state index in [1.807, 2.05) is 62.4 Å². The number of ether oxygens (including phenoxy) is 2. The molecule has 3 unspecified atom stereocenters. The summed E-state index contributed by atoms with van der Waals surface area (Å²) in [7, 11) is 0. The highest BCUT2D eigenvalue weighted by Gasteiger charge is 2.25. The number of hydrogen-bond acceptors (Lipinski definition) is 8. The van der Waals surface area contributed by atoms with Crippen LogP contribution in [0.4, 0.5) is 0 Å². The Hall–Kier alpha value is -5.32. The van der Waals surface area contributed by atoms with E-state index in [9.17, 15) is 30.6 Å². The Morgan fingerprint density at radius 2 is 1.12 bits per heavy atom. The maximum absolute atomic E-state index is 11.8. The monoisotopic (exact) mass is 810 g/mol. The quantitative estimate of drug-likeness (QED) is 0.0449. The van der Waals surface area contributed by atoms with E-state index in [4.69, 9.17) is 9.47 Å². The van der Waals surface area contributed by atoms with E-state index in [1.54, 1.807) is 30.3 Å². The number of benzene rings is 6. The lowest BCUT2D eigenvalue weighted by molar-refractivity contribution is 0.124. The van der Waals surface area contributed by atoms with Crippen molar-refractivity contribution in [2.75, 3.05) is 6.61 Å². The minimum Gasteiger partial charge on any atom is -0.489 e. The molecule has 0 aliphatic rings. The maximum Gasteiger partial charge on any atom is 0.120 e. The number of aliphatic hydroxyl groups is 6. The Kier molecular flexibility index (Phi) is 15.7. The fraction of sp³-hybridized carbons (Fsp3) is 0.308. The molecule has 0 aromatic heterocycles. The lowest BCUT2D eigenvalue weighted by Gasteiger charge is -2.26. The first kappa shape index (κ1) is 44.2. The highest BCUT2D eigenvalue weighted by molar-refractivity contribution is 5.69. The zero-order valence-electron chi connectivity index (χ0n) is 34.8. The van der Waals surface area contributed by atoms with Gasteiger partial charge in [-0.15, -0.1) is 0 Å². The normalized spacial score (nSPS) is 12.9. The smallest absolute Gasteiger partial charge is 0.120 e. The van der Waals surface area contributed by atoms with Gasteiger partial charge >= 0.3 is 0 Å². The van der Waals surface area contributed by atoms with E-state index in [0.717, 1.165) is 63.8 Å². The van der Waals surface area contributed by atoms with E-state index < -0.39 is 12.0 Å². The molecule has 0 heterocycles. The second-order valence-electron chi connectivity index (χ2n) is 15.6. The van der Waals surface area contributed by atoms with Gasteiger partial charge in [0.05, 0.1) is 32.0 Å². The molecule has 0 radical (unpaired) electrons. The van der Waals surface area contributed by atoms with Crippen LogP contribution in [0.3, 0.4) is 0 Å². The van der Waals surface area contributed by atoms with Gasteiger partial charge in [-0.3, -0.25) is 0 Å². The molecule has 0 aliphatic carbocycles. The molecule has 8 heteroatoms. The maximum atomic E-state index is 11.8. The number of aryl methyl sites for hydroxylation is 3. The van der Waals surface area contributed by atoms with Crippen LogP contribution in [0.2, 0.25) is 0 Å². The van der Waals surface area contributed by atoms with Crippen molar-refractivity contribution in [2.45, 2.75) is 97.6 Å². The predicted octanol–water partition coefficient (Wildman–Crippen LogP) is 9.18.